The third-order valence-electron chi connectivity index (χ3n) is 3.00. The maximum atomic E-state index is 12.6. The lowest BCUT2D eigenvalue weighted by atomic mass is 10.1. The van der Waals surface area contributed by atoms with Crippen molar-refractivity contribution in [1.29, 1.82) is 5.26 Å². The smallest absolute Gasteiger partial charge is 0.254 e. The van der Waals surface area contributed by atoms with E-state index in [2.05, 4.69) is 4.98 Å². The van der Waals surface area contributed by atoms with Crippen LogP contribution >= 0.6 is 11.6 Å². The molecule has 0 radical (unpaired) electrons. The molecule has 1 aromatic heterocycles. The van der Waals surface area contributed by atoms with E-state index in [-0.39, 0.29) is 18.2 Å². The summed E-state index contributed by atoms with van der Waals surface area (Å²) >= 11 is 5.99. The molecule has 0 aliphatic carbocycles. The Morgan fingerprint density at radius 3 is 2.76 bits per heavy atom. The molecule has 0 spiro atoms. The molecule has 21 heavy (non-hydrogen) atoms. The summed E-state index contributed by atoms with van der Waals surface area (Å²) in [6.07, 6.45) is 0.283. The van der Waals surface area contributed by atoms with Gasteiger partial charge in [0.2, 0.25) is 0 Å². The Morgan fingerprint density at radius 2 is 2.19 bits per heavy atom. The Hall–Kier alpha value is -1.64. The number of amides is 1. The van der Waals surface area contributed by atoms with Gasteiger partial charge in [-0.05, 0) is 18.1 Å². The van der Waals surface area contributed by atoms with E-state index >= 15 is 0 Å². The van der Waals surface area contributed by atoms with Crippen LogP contribution in [0.4, 0.5) is 0 Å². The summed E-state index contributed by atoms with van der Waals surface area (Å²) in [7, 11) is 1.58. The van der Waals surface area contributed by atoms with Crippen LogP contribution < -0.4 is 0 Å². The van der Waals surface area contributed by atoms with Crippen LogP contribution in [0.3, 0.4) is 0 Å². The minimum Gasteiger partial charge on any atom is -0.383 e. The fraction of sp³-hybridized carbons (Fsp3) is 0.533. The molecule has 0 bridgehead atoms. The van der Waals surface area contributed by atoms with Crippen molar-refractivity contribution in [3.8, 4) is 6.07 Å². The molecule has 0 saturated carbocycles. The zero-order chi connectivity index (χ0) is 15.8. The zero-order valence-electron chi connectivity index (χ0n) is 12.6. The quantitative estimate of drug-likeness (QED) is 0.726. The maximum absolute atomic E-state index is 12.6. The van der Waals surface area contributed by atoms with E-state index in [0.29, 0.717) is 30.4 Å². The van der Waals surface area contributed by atoms with E-state index in [9.17, 15) is 4.79 Å². The van der Waals surface area contributed by atoms with Gasteiger partial charge in [0, 0.05) is 31.5 Å². The third-order valence-corrected chi connectivity index (χ3v) is 3.19. The van der Waals surface area contributed by atoms with Crippen molar-refractivity contribution < 1.29 is 9.53 Å². The number of halogens is 1. The highest BCUT2D eigenvalue weighted by Gasteiger charge is 2.17. The molecule has 5 nitrogen and oxygen atoms in total. The highest BCUT2D eigenvalue weighted by Crippen LogP contribution is 2.19. The number of methoxy groups -OCH3 is 1. The Bertz CT molecular complexity index is 526. The number of nitriles is 1. The minimum atomic E-state index is -0.159. The van der Waals surface area contributed by atoms with Crippen LogP contribution in [0.2, 0.25) is 5.15 Å². The van der Waals surface area contributed by atoms with Gasteiger partial charge in [-0.15, -0.1) is 0 Å². The molecule has 0 unspecified atom stereocenters. The summed E-state index contributed by atoms with van der Waals surface area (Å²) in [5.74, 6) is 0.0234. The molecule has 0 N–H and O–H groups in total. The van der Waals surface area contributed by atoms with Gasteiger partial charge in [-0.2, -0.15) is 5.26 Å². The van der Waals surface area contributed by atoms with Gasteiger partial charge >= 0.3 is 0 Å². The predicted molar refractivity (Wildman–Crippen MR) is 81.3 cm³/mol. The molecule has 1 rings (SSSR count). The largest absolute Gasteiger partial charge is 0.383 e. The number of carbonyl (C=O) groups is 1. The van der Waals surface area contributed by atoms with Crippen LogP contribution in [0.15, 0.2) is 12.1 Å². The van der Waals surface area contributed by atoms with Gasteiger partial charge in [0.15, 0.2) is 0 Å². The monoisotopic (exact) mass is 309 g/mol. The molecule has 1 amide bonds. The average Bonchev–Trinajstić information content (AvgIpc) is 2.46. The number of pyridine rings is 1. The van der Waals surface area contributed by atoms with E-state index in [0.717, 1.165) is 5.69 Å². The fourth-order valence-electron chi connectivity index (χ4n) is 1.82. The molecule has 114 valence electrons. The second-order valence-corrected chi connectivity index (χ2v) is 5.34. The van der Waals surface area contributed by atoms with Gasteiger partial charge in [-0.1, -0.05) is 25.4 Å². The van der Waals surface area contributed by atoms with Crippen molar-refractivity contribution in [3.05, 3.63) is 28.5 Å². The SMILES string of the molecule is COCCN(CCC#N)C(=O)c1cc(Cl)nc(C(C)C)c1. The molecule has 0 aromatic carbocycles. The Kier molecular flexibility index (Phi) is 7.13. The normalized spacial score (nSPS) is 10.5. The van der Waals surface area contributed by atoms with E-state index in [1.54, 1.807) is 24.1 Å². The highest BCUT2D eigenvalue weighted by atomic mass is 35.5. The second kappa shape index (κ2) is 8.60. The van der Waals surface area contributed by atoms with Crippen molar-refractivity contribution in [3.63, 3.8) is 0 Å². The summed E-state index contributed by atoms with van der Waals surface area (Å²) < 4.78 is 5.01. The summed E-state index contributed by atoms with van der Waals surface area (Å²) in [5.41, 5.74) is 1.27. The van der Waals surface area contributed by atoms with Crippen molar-refractivity contribution >= 4 is 17.5 Å². The number of hydrogen-bond donors (Lipinski definition) is 0. The van der Waals surface area contributed by atoms with Crippen LogP contribution in [0.25, 0.3) is 0 Å². The minimum absolute atomic E-state index is 0.159. The van der Waals surface area contributed by atoms with Gasteiger partial charge in [-0.3, -0.25) is 4.79 Å². The van der Waals surface area contributed by atoms with Gasteiger partial charge in [0.25, 0.3) is 5.91 Å². The number of nitrogens with zero attached hydrogens (tertiary/aromatic N) is 3. The molecule has 0 aliphatic rings. The summed E-state index contributed by atoms with van der Waals surface area (Å²) in [6.45, 7) is 5.22. The van der Waals surface area contributed by atoms with Gasteiger partial charge < -0.3 is 9.64 Å². The molecular weight excluding hydrogens is 290 g/mol. The molecule has 0 fully saturated rings. The van der Waals surface area contributed by atoms with Crippen LogP contribution in [-0.2, 0) is 4.74 Å². The second-order valence-electron chi connectivity index (χ2n) is 4.95. The molecule has 0 aliphatic heterocycles. The number of hydrogen-bond acceptors (Lipinski definition) is 4. The zero-order valence-corrected chi connectivity index (χ0v) is 13.4. The number of aromatic nitrogens is 1. The van der Waals surface area contributed by atoms with Gasteiger partial charge in [0.05, 0.1) is 19.1 Å². The van der Waals surface area contributed by atoms with E-state index in [1.807, 2.05) is 19.9 Å². The molecule has 0 saturated heterocycles. The van der Waals surface area contributed by atoms with E-state index < -0.39 is 0 Å². The highest BCUT2D eigenvalue weighted by molar-refractivity contribution is 6.29. The molecule has 1 aromatic rings. The van der Waals surface area contributed by atoms with Crippen LogP contribution in [0, 0.1) is 11.3 Å². The first-order valence-corrected chi connectivity index (χ1v) is 7.20. The van der Waals surface area contributed by atoms with Gasteiger partial charge in [-0.25, -0.2) is 4.98 Å². The van der Waals surface area contributed by atoms with Crippen molar-refractivity contribution in [1.82, 2.24) is 9.88 Å². The van der Waals surface area contributed by atoms with Crippen molar-refractivity contribution in [2.45, 2.75) is 26.2 Å². The van der Waals surface area contributed by atoms with Crippen LogP contribution in [0.1, 0.15) is 42.2 Å². The Morgan fingerprint density at radius 1 is 1.48 bits per heavy atom. The number of rotatable bonds is 7. The van der Waals surface area contributed by atoms with Crippen molar-refractivity contribution in [2.24, 2.45) is 0 Å². The summed E-state index contributed by atoms with van der Waals surface area (Å²) in [5, 5.41) is 9.01. The first-order chi connectivity index (χ1) is 9.99. The molecular formula is C15H20ClN3O2. The first kappa shape index (κ1) is 17.4. The topological polar surface area (TPSA) is 66.2 Å². The predicted octanol–water partition coefficient (Wildman–Crippen LogP) is 2.86. The first-order valence-electron chi connectivity index (χ1n) is 6.82. The average molecular weight is 310 g/mol. The third kappa shape index (κ3) is 5.33. The fourth-order valence-corrected chi connectivity index (χ4v) is 2.04. The standard InChI is InChI=1S/C15H20ClN3O2/c1-11(2)13-9-12(10-14(16)18-13)15(20)19(6-4-5-17)7-8-21-3/h9-11H,4,6-8H2,1-3H3. The van der Waals surface area contributed by atoms with E-state index in [1.165, 1.54) is 0 Å². The number of carbonyl (C=O) groups excluding carboxylic acids is 1. The van der Waals surface area contributed by atoms with E-state index in [4.69, 9.17) is 21.6 Å². The lowest BCUT2D eigenvalue weighted by molar-refractivity contribution is 0.0699. The molecule has 6 heteroatoms. The number of ether oxygens (including phenoxy) is 1. The Balaban J connectivity index is 2.99. The lowest BCUT2D eigenvalue weighted by Crippen LogP contribution is -2.34. The molecule has 0 atom stereocenters. The molecule has 1 heterocycles. The summed E-state index contributed by atoms with van der Waals surface area (Å²) in [4.78, 5) is 18.4. The Labute approximate surface area is 130 Å². The van der Waals surface area contributed by atoms with Crippen LogP contribution in [0.5, 0.6) is 0 Å². The lowest BCUT2D eigenvalue weighted by Gasteiger charge is -2.21. The maximum Gasteiger partial charge on any atom is 0.254 e. The van der Waals surface area contributed by atoms with Crippen LogP contribution in [-0.4, -0.2) is 42.6 Å². The van der Waals surface area contributed by atoms with Crippen molar-refractivity contribution in [2.75, 3.05) is 26.8 Å². The summed E-state index contributed by atoms with van der Waals surface area (Å²) in [6, 6.07) is 5.36. The van der Waals surface area contributed by atoms with Gasteiger partial charge in [0.1, 0.15) is 5.15 Å².